The molecule has 0 unspecified atom stereocenters. The molecule has 0 heterocycles. The molecular formula is C39H80. The fraction of sp³-hybridized carbons (Fsp3) is 1.00. The van der Waals surface area contributed by atoms with E-state index in [9.17, 15) is 0 Å². The van der Waals surface area contributed by atoms with Crippen LogP contribution < -0.4 is 0 Å². The summed E-state index contributed by atoms with van der Waals surface area (Å²) in [6, 6.07) is 0. The summed E-state index contributed by atoms with van der Waals surface area (Å²) in [6.07, 6.45) is 48.6. The zero-order valence-electron chi connectivity index (χ0n) is 28.5. The molecule has 0 nitrogen and oxygen atoms in total. The van der Waals surface area contributed by atoms with E-state index >= 15 is 0 Å². The number of rotatable bonds is 34. The summed E-state index contributed by atoms with van der Waals surface area (Å²) in [5.41, 5.74) is 0. The topological polar surface area (TPSA) is 0 Å². The first-order chi connectivity index (χ1) is 19.2. The van der Waals surface area contributed by atoms with Crippen molar-refractivity contribution in [1.29, 1.82) is 0 Å². The van der Waals surface area contributed by atoms with Gasteiger partial charge in [-0.2, -0.15) is 0 Å². The lowest BCUT2D eigenvalue weighted by atomic mass is 9.95. The summed E-state index contributed by atoms with van der Waals surface area (Å²) < 4.78 is 0. The van der Waals surface area contributed by atoms with Crippen LogP contribution in [0.15, 0.2) is 0 Å². The third-order valence-electron chi connectivity index (χ3n) is 9.49. The normalized spacial score (nSPS) is 13.2. The molecular weight excluding hydrogens is 468 g/mol. The second-order valence-corrected chi connectivity index (χ2v) is 13.9. The molecule has 2 atom stereocenters. The lowest BCUT2D eigenvalue weighted by Gasteiger charge is -2.12. The summed E-state index contributed by atoms with van der Waals surface area (Å²) in [5, 5.41) is 0. The highest BCUT2D eigenvalue weighted by Crippen LogP contribution is 2.21. The summed E-state index contributed by atoms with van der Waals surface area (Å²) in [7, 11) is 0. The maximum atomic E-state index is 2.51. The van der Waals surface area contributed by atoms with Gasteiger partial charge >= 0.3 is 0 Å². The molecule has 0 aromatic heterocycles. The third kappa shape index (κ3) is 34.1. The van der Waals surface area contributed by atoms with Crippen LogP contribution >= 0.6 is 0 Å². The van der Waals surface area contributed by atoms with Crippen molar-refractivity contribution in [3.8, 4) is 0 Å². The van der Waals surface area contributed by atoms with Crippen molar-refractivity contribution < 1.29 is 0 Å². The first-order valence-corrected chi connectivity index (χ1v) is 19.2. The molecule has 0 heteroatoms. The lowest BCUT2D eigenvalue weighted by Crippen LogP contribution is -1.96. The Morgan fingerprint density at radius 1 is 0.231 bits per heavy atom. The van der Waals surface area contributed by atoms with Gasteiger partial charge in [0.15, 0.2) is 0 Å². The van der Waals surface area contributed by atoms with E-state index < -0.39 is 0 Å². The molecule has 0 aliphatic carbocycles. The molecule has 0 rings (SSSR count). The second-order valence-electron chi connectivity index (χ2n) is 13.9. The van der Waals surface area contributed by atoms with Gasteiger partial charge in [0.25, 0.3) is 0 Å². The first-order valence-electron chi connectivity index (χ1n) is 19.2. The Labute approximate surface area is 251 Å². The average Bonchev–Trinajstić information content (AvgIpc) is 2.93. The minimum Gasteiger partial charge on any atom is -0.0654 e. The Hall–Kier alpha value is 0. The monoisotopic (exact) mass is 549 g/mol. The molecule has 0 spiro atoms. The number of hydrogen-bond donors (Lipinski definition) is 0. The van der Waals surface area contributed by atoms with E-state index in [1.165, 1.54) is 212 Å². The maximum Gasteiger partial charge on any atom is -0.0443 e. The fourth-order valence-corrected chi connectivity index (χ4v) is 6.47. The van der Waals surface area contributed by atoms with E-state index in [0.29, 0.717) is 0 Å². The predicted molar refractivity (Wildman–Crippen MR) is 182 cm³/mol. The standard InChI is InChI=1S/C39H80/c1-5-7-9-11-13-15-16-17-18-19-20-23-27-31-35-39(4)37-33-29-25-21-24-28-32-36-38(3)34-30-26-22-14-12-10-8-6-2/h38-39H,5-37H2,1-4H3/t38-,39+/m1/s1. The molecule has 0 saturated carbocycles. The van der Waals surface area contributed by atoms with E-state index in [1.54, 1.807) is 0 Å². The molecule has 0 N–H and O–H groups in total. The van der Waals surface area contributed by atoms with Crippen LogP contribution in [-0.2, 0) is 0 Å². The molecule has 0 aromatic rings. The predicted octanol–water partition coefficient (Wildman–Crippen LogP) is 15.2. The van der Waals surface area contributed by atoms with Crippen molar-refractivity contribution in [1.82, 2.24) is 0 Å². The van der Waals surface area contributed by atoms with Crippen LogP contribution in [0.4, 0.5) is 0 Å². The molecule has 236 valence electrons. The van der Waals surface area contributed by atoms with E-state index in [0.717, 1.165) is 11.8 Å². The Bertz CT molecular complexity index is 412. The van der Waals surface area contributed by atoms with Crippen molar-refractivity contribution in [3.63, 3.8) is 0 Å². The molecule has 0 aliphatic heterocycles. The van der Waals surface area contributed by atoms with Crippen molar-refractivity contribution in [2.45, 2.75) is 240 Å². The maximum absolute atomic E-state index is 2.51. The smallest absolute Gasteiger partial charge is 0.0443 e. The molecule has 0 aromatic carbocycles. The molecule has 0 fully saturated rings. The highest BCUT2D eigenvalue weighted by molar-refractivity contribution is 4.58. The van der Waals surface area contributed by atoms with Crippen LogP contribution in [0.2, 0.25) is 0 Å². The minimum absolute atomic E-state index is 0.963. The molecule has 0 radical (unpaired) electrons. The van der Waals surface area contributed by atoms with Gasteiger partial charge in [-0.1, -0.05) is 240 Å². The minimum atomic E-state index is 0.963. The Kier molecular flexibility index (Phi) is 34.2. The van der Waals surface area contributed by atoms with Crippen molar-refractivity contribution >= 4 is 0 Å². The van der Waals surface area contributed by atoms with Gasteiger partial charge in [-0.15, -0.1) is 0 Å². The highest BCUT2D eigenvalue weighted by Gasteiger charge is 2.04. The summed E-state index contributed by atoms with van der Waals surface area (Å²) >= 11 is 0. The van der Waals surface area contributed by atoms with Crippen molar-refractivity contribution in [2.75, 3.05) is 0 Å². The fourth-order valence-electron chi connectivity index (χ4n) is 6.47. The number of hydrogen-bond acceptors (Lipinski definition) is 0. The van der Waals surface area contributed by atoms with Crippen molar-refractivity contribution in [3.05, 3.63) is 0 Å². The Morgan fingerprint density at radius 2 is 0.385 bits per heavy atom. The Balaban J connectivity index is 3.22. The highest BCUT2D eigenvalue weighted by atomic mass is 14.1. The largest absolute Gasteiger partial charge is 0.0654 e. The third-order valence-corrected chi connectivity index (χ3v) is 9.49. The molecule has 0 bridgehead atoms. The van der Waals surface area contributed by atoms with Crippen LogP contribution in [-0.4, -0.2) is 0 Å². The molecule has 0 amide bonds. The van der Waals surface area contributed by atoms with E-state index in [4.69, 9.17) is 0 Å². The van der Waals surface area contributed by atoms with Gasteiger partial charge in [0.2, 0.25) is 0 Å². The van der Waals surface area contributed by atoms with Gasteiger partial charge in [0, 0.05) is 0 Å². The van der Waals surface area contributed by atoms with Gasteiger partial charge in [-0.05, 0) is 11.8 Å². The van der Waals surface area contributed by atoms with Crippen LogP contribution in [0.25, 0.3) is 0 Å². The van der Waals surface area contributed by atoms with E-state index in [2.05, 4.69) is 27.7 Å². The number of unbranched alkanes of at least 4 members (excludes halogenated alkanes) is 26. The van der Waals surface area contributed by atoms with Gasteiger partial charge in [-0.3, -0.25) is 0 Å². The van der Waals surface area contributed by atoms with Crippen LogP contribution in [0.1, 0.15) is 240 Å². The first kappa shape index (κ1) is 39.0. The van der Waals surface area contributed by atoms with Crippen molar-refractivity contribution in [2.24, 2.45) is 11.8 Å². The zero-order valence-corrected chi connectivity index (χ0v) is 28.5. The molecule has 39 heavy (non-hydrogen) atoms. The summed E-state index contributed by atoms with van der Waals surface area (Å²) in [5.74, 6) is 1.93. The molecule has 0 aliphatic rings. The SMILES string of the molecule is CCCCCCCCCCCCCCCC[C@H](C)CCCCCCCCC[C@H](C)CCCCCCCCCC. The van der Waals surface area contributed by atoms with E-state index in [1.807, 2.05) is 0 Å². The Morgan fingerprint density at radius 3 is 0.564 bits per heavy atom. The van der Waals surface area contributed by atoms with Crippen LogP contribution in [0.5, 0.6) is 0 Å². The zero-order chi connectivity index (χ0) is 28.5. The average molecular weight is 549 g/mol. The quantitative estimate of drug-likeness (QED) is 0.0701. The van der Waals surface area contributed by atoms with Gasteiger partial charge in [-0.25, -0.2) is 0 Å². The van der Waals surface area contributed by atoms with Crippen LogP contribution in [0, 0.1) is 11.8 Å². The van der Waals surface area contributed by atoms with Gasteiger partial charge in [0.05, 0.1) is 0 Å². The van der Waals surface area contributed by atoms with Gasteiger partial charge in [0.1, 0.15) is 0 Å². The lowest BCUT2D eigenvalue weighted by molar-refractivity contribution is 0.421. The van der Waals surface area contributed by atoms with E-state index in [-0.39, 0.29) is 0 Å². The second kappa shape index (κ2) is 34.2. The van der Waals surface area contributed by atoms with Crippen LogP contribution in [0.3, 0.4) is 0 Å². The summed E-state index contributed by atoms with van der Waals surface area (Å²) in [4.78, 5) is 0. The van der Waals surface area contributed by atoms with Gasteiger partial charge < -0.3 is 0 Å². The summed E-state index contributed by atoms with van der Waals surface area (Å²) in [6.45, 7) is 9.63. The molecule has 0 saturated heterocycles.